The fourth-order valence-corrected chi connectivity index (χ4v) is 5.75. The summed E-state index contributed by atoms with van der Waals surface area (Å²) in [5.41, 5.74) is 7.45. The molecule has 1 atom stereocenters. The lowest BCUT2D eigenvalue weighted by atomic mass is 9.93. The molecule has 1 unspecified atom stereocenters. The van der Waals surface area contributed by atoms with Gasteiger partial charge in [-0.2, -0.15) is 5.10 Å². The minimum atomic E-state index is -0.386. The van der Waals surface area contributed by atoms with E-state index in [-0.39, 0.29) is 17.7 Å². The van der Waals surface area contributed by atoms with E-state index in [2.05, 4.69) is 10.2 Å². The number of nitrogens with zero attached hydrogens (tertiary/aromatic N) is 2. The molecule has 5 aromatic rings. The molecule has 0 saturated heterocycles. The predicted octanol–water partition coefficient (Wildman–Crippen LogP) is 6.77. The molecule has 212 valence electrons. The molecule has 0 spiro atoms. The molecule has 7 nitrogen and oxygen atoms in total. The third-order valence-corrected chi connectivity index (χ3v) is 7.80. The van der Waals surface area contributed by atoms with E-state index in [0.717, 1.165) is 44.9 Å². The Bertz CT molecular complexity index is 1690. The van der Waals surface area contributed by atoms with E-state index in [4.69, 9.17) is 9.47 Å². The standard InChI is InChI=1S/C35H33N3O4/c1-22-19-23(2)30(29(39)20-22)32-31-33(37-36-32)35(40)38(18-17-24-9-13-27(41-3)14-10-24)34(31)26-11-15-28(16-12-26)42-21-25-7-5-4-6-8-25/h4-16,19-20,34,39H,17-18,21H2,1-3H3,(H,36,37). The second kappa shape index (κ2) is 11.4. The number of carbonyl (C=O) groups excluding carboxylic acids is 1. The molecule has 0 fully saturated rings. The summed E-state index contributed by atoms with van der Waals surface area (Å²) in [7, 11) is 1.65. The van der Waals surface area contributed by atoms with Crippen molar-refractivity contribution in [1.29, 1.82) is 0 Å². The molecule has 2 heterocycles. The third-order valence-electron chi connectivity index (χ3n) is 7.80. The maximum Gasteiger partial charge on any atom is 0.273 e. The van der Waals surface area contributed by atoms with Crippen LogP contribution >= 0.6 is 0 Å². The number of aryl methyl sites for hydroxylation is 2. The first-order chi connectivity index (χ1) is 20.4. The average Bonchev–Trinajstić information content (AvgIpc) is 3.54. The van der Waals surface area contributed by atoms with Crippen molar-refractivity contribution in [1.82, 2.24) is 15.1 Å². The number of methoxy groups -OCH3 is 1. The van der Waals surface area contributed by atoms with Gasteiger partial charge in [0.15, 0.2) is 0 Å². The summed E-state index contributed by atoms with van der Waals surface area (Å²) in [6, 6.07) is 29.2. The van der Waals surface area contributed by atoms with Gasteiger partial charge >= 0.3 is 0 Å². The summed E-state index contributed by atoms with van der Waals surface area (Å²) >= 11 is 0. The summed E-state index contributed by atoms with van der Waals surface area (Å²) < 4.78 is 11.3. The van der Waals surface area contributed by atoms with Crippen LogP contribution in [0.4, 0.5) is 0 Å². The zero-order chi connectivity index (χ0) is 29.2. The number of phenolic OH excluding ortho intramolecular Hbond substituents is 1. The zero-order valence-corrected chi connectivity index (χ0v) is 23.9. The van der Waals surface area contributed by atoms with Gasteiger partial charge < -0.3 is 19.5 Å². The maximum absolute atomic E-state index is 13.8. The van der Waals surface area contributed by atoms with Crippen molar-refractivity contribution in [3.8, 4) is 28.5 Å². The van der Waals surface area contributed by atoms with Gasteiger partial charge in [0, 0.05) is 17.7 Å². The Labute approximate surface area is 245 Å². The fourth-order valence-electron chi connectivity index (χ4n) is 5.75. The zero-order valence-electron chi connectivity index (χ0n) is 23.9. The van der Waals surface area contributed by atoms with Crippen molar-refractivity contribution in [3.05, 3.63) is 130 Å². The van der Waals surface area contributed by atoms with Crippen molar-refractivity contribution in [2.75, 3.05) is 13.7 Å². The molecule has 6 rings (SSSR count). The average molecular weight is 560 g/mol. The molecule has 0 radical (unpaired) electrons. The summed E-state index contributed by atoms with van der Waals surface area (Å²) in [5.74, 6) is 1.57. The molecule has 1 aromatic heterocycles. The van der Waals surface area contributed by atoms with Gasteiger partial charge in [0.2, 0.25) is 0 Å². The van der Waals surface area contributed by atoms with Crippen LogP contribution in [0.1, 0.15) is 49.9 Å². The number of H-pyrrole nitrogens is 1. The van der Waals surface area contributed by atoms with Crippen LogP contribution in [-0.4, -0.2) is 39.8 Å². The lowest BCUT2D eigenvalue weighted by Gasteiger charge is -2.27. The van der Waals surface area contributed by atoms with Crippen molar-refractivity contribution >= 4 is 5.91 Å². The number of rotatable bonds is 9. The summed E-state index contributed by atoms with van der Waals surface area (Å²) in [6.07, 6.45) is 0.673. The Hall–Kier alpha value is -5.04. The fraction of sp³-hybridized carbons (Fsp3) is 0.200. The molecule has 42 heavy (non-hydrogen) atoms. The first-order valence-electron chi connectivity index (χ1n) is 14.0. The monoisotopic (exact) mass is 559 g/mol. The highest BCUT2D eigenvalue weighted by molar-refractivity contribution is 6.00. The Morgan fingerprint density at radius 1 is 0.905 bits per heavy atom. The van der Waals surface area contributed by atoms with E-state index < -0.39 is 0 Å². The minimum Gasteiger partial charge on any atom is -0.507 e. The minimum absolute atomic E-state index is 0.115. The lowest BCUT2D eigenvalue weighted by molar-refractivity contribution is 0.0746. The van der Waals surface area contributed by atoms with Crippen molar-refractivity contribution in [3.63, 3.8) is 0 Å². The molecule has 7 heteroatoms. The second-order valence-corrected chi connectivity index (χ2v) is 10.7. The van der Waals surface area contributed by atoms with Gasteiger partial charge in [-0.3, -0.25) is 9.89 Å². The van der Waals surface area contributed by atoms with Gasteiger partial charge in [-0.25, -0.2) is 0 Å². The molecule has 1 aliphatic rings. The number of ether oxygens (including phenoxy) is 2. The molecular weight excluding hydrogens is 526 g/mol. The lowest BCUT2D eigenvalue weighted by Crippen LogP contribution is -2.31. The highest BCUT2D eigenvalue weighted by atomic mass is 16.5. The van der Waals surface area contributed by atoms with Crippen molar-refractivity contribution in [2.45, 2.75) is 32.9 Å². The first-order valence-corrected chi connectivity index (χ1v) is 14.0. The van der Waals surface area contributed by atoms with E-state index in [1.807, 2.05) is 104 Å². The predicted molar refractivity (Wildman–Crippen MR) is 162 cm³/mol. The van der Waals surface area contributed by atoms with Crippen molar-refractivity contribution < 1.29 is 19.4 Å². The number of hydrogen-bond acceptors (Lipinski definition) is 5. The van der Waals surface area contributed by atoms with Crippen LogP contribution in [-0.2, 0) is 13.0 Å². The highest BCUT2D eigenvalue weighted by Gasteiger charge is 2.42. The molecule has 2 N–H and O–H groups in total. The van der Waals surface area contributed by atoms with Crippen molar-refractivity contribution in [2.24, 2.45) is 0 Å². The highest BCUT2D eigenvalue weighted by Crippen LogP contribution is 2.45. The maximum atomic E-state index is 13.8. The van der Waals surface area contributed by atoms with E-state index in [1.54, 1.807) is 13.2 Å². The van der Waals surface area contributed by atoms with Gasteiger partial charge in [-0.1, -0.05) is 60.7 Å². The summed E-state index contributed by atoms with van der Waals surface area (Å²) in [4.78, 5) is 15.7. The smallest absolute Gasteiger partial charge is 0.273 e. The van der Waals surface area contributed by atoms with E-state index in [9.17, 15) is 9.90 Å². The SMILES string of the molecule is COc1ccc(CCN2C(=O)c3[nH]nc(-c4c(C)cc(C)cc4O)c3C2c2ccc(OCc3ccccc3)cc2)cc1. The number of fused-ring (bicyclic) bond motifs is 1. The number of nitrogens with one attached hydrogen (secondary N) is 1. The number of aromatic hydroxyl groups is 1. The Morgan fingerprint density at radius 3 is 2.31 bits per heavy atom. The van der Waals surface area contributed by atoms with Gasteiger partial charge in [-0.15, -0.1) is 0 Å². The van der Waals surface area contributed by atoms with Crippen LogP contribution in [0.3, 0.4) is 0 Å². The van der Waals surface area contributed by atoms with Crippen LogP contribution in [0, 0.1) is 13.8 Å². The first kappa shape index (κ1) is 27.1. The molecule has 4 aromatic carbocycles. The van der Waals surface area contributed by atoms with Gasteiger partial charge in [0.25, 0.3) is 5.91 Å². The number of phenols is 1. The topological polar surface area (TPSA) is 87.7 Å². The number of amides is 1. The van der Waals surface area contributed by atoms with Crippen LogP contribution in [0.25, 0.3) is 11.3 Å². The third kappa shape index (κ3) is 5.21. The van der Waals surface area contributed by atoms with Crippen LogP contribution in [0.2, 0.25) is 0 Å². The van der Waals surface area contributed by atoms with Crippen LogP contribution in [0.15, 0.2) is 91.0 Å². The van der Waals surface area contributed by atoms with E-state index in [0.29, 0.717) is 36.5 Å². The van der Waals surface area contributed by atoms with Crippen LogP contribution in [0.5, 0.6) is 17.2 Å². The molecule has 1 amide bonds. The van der Waals surface area contributed by atoms with E-state index >= 15 is 0 Å². The molecule has 1 aliphatic heterocycles. The molecule has 0 saturated carbocycles. The van der Waals surface area contributed by atoms with E-state index in [1.165, 1.54) is 0 Å². The Morgan fingerprint density at radius 2 is 1.62 bits per heavy atom. The molecule has 0 aliphatic carbocycles. The number of aromatic nitrogens is 2. The summed E-state index contributed by atoms with van der Waals surface area (Å²) in [5, 5.41) is 18.5. The molecule has 0 bridgehead atoms. The van der Waals surface area contributed by atoms with Gasteiger partial charge in [0.1, 0.15) is 35.2 Å². The Kier molecular flexibility index (Phi) is 7.40. The van der Waals surface area contributed by atoms with Gasteiger partial charge in [-0.05, 0) is 78.4 Å². The van der Waals surface area contributed by atoms with Gasteiger partial charge in [0.05, 0.1) is 13.2 Å². The molecular formula is C35H33N3O4. The Balaban J connectivity index is 1.35. The van der Waals surface area contributed by atoms with Crippen LogP contribution < -0.4 is 9.47 Å². The largest absolute Gasteiger partial charge is 0.507 e. The summed E-state index contributed by atoms with van der Waals surface area (Å²) in [6.45, 7) is 4.87. The number of carbonyl (C=O) groups is 1. The number of aromatic amines is 1. The normalized spacial score (nSPS) is 14.2. The second-order valence-electron chi connectivity index (χ2n) is 10.7. The quantitative estimate of drug-likeness (QED) is 0.208. The number of benzene rings is 4. The number of hydrogen-bond donors (Lipinski definition) is 2.